The van der Waals surface area contributed by atoms with Crippen molar-refractivity contribution in [3.8, 4) is 0 Å². The average Bonchev–Trinajstić information content (AvgIpc) is 3.08. The third-order valence-corrected chi connectivity index (χ3v) is 10.7. The summed E-state index contributed by atoms with van der Waals surface area (Å²) in [7, 11) is -3.84. The van der Waals surface area contributed by atoms with Crippen molar-refractivity contribution in [1.29, 1.82) is 0 Å². The van der Waals surface area contributed by atoms with Gasteiger partial charge in [0.25, 0.3) is 0 Å². The van der Waals surface area contributed by atoms with Crippen molar-refractivity contribution in [2.45, 2.75) is 43.2 Å². The maximum atomic E-state index is 13.5. The zero-order valence-corrected chi connectivity index (χ0v) is 26.1. The van der Waals surface area contributed by atoms with Crippen LogP contribution in [0.3, 0.4) is 0 Å². The van der Waals surface area contributed by atoms with Gasteiger partial charge in [0.1, 0.15) is 6.04 Å². The van der Waals surface area contributed by atoms with Crippen LogP contribution in [0.25, 0.3) is 10.8 Å². The number of carboxylic acid groups (broad SMARTS) is 1. The van der Waals surface area contributed by atoms with Gasteiger partial charge in [-0.15, -0.1) is 0 Å². The van der Waals surface area contributed by atoms with Crippen LogP contribution < -0.4 is 10.6 Å². The van der Waals surface area contributed by atoms with Crippen LogP contribution in [0.15, 0.2) is 95.9 Å². The molecular weight excluding hydrogens is 604 g/mol. The third-order valence-electron chi connectivity index (χ3n) is 8.79. The molecule has 3 N–H and O–H groups in total. The van der Waals surface area contributed by atoms with Crippen LogP contribution in [0.1, 0.15) is 29.5 Å². The second-order valence-corrected chi connectivity index (χ2v) is 13.8. The van der Waals surface area contributed by atoms with Crippen molar-refractivity contribution in [1.82, 2.24) is 14.5 Å². The predicted octanol–water partition coefficient (Wildman–Crippen LogP) is 4.64. The Morgan fingerprint density at radius 2 is 1.59 bits per heavy atom. The number of aliphatic carboxylic acids is 1. The molecule has 46 heavy (non-hydrogen) atoms. The highest BCUT2D eigenvalue weighted by Crippen LogP contribution is 2.27. The molecule has 0 spiro atoms. The first kappa shape index (κ1) is 31.3. The molecule has 2 aliphatic rings. The van der Waals surface area contributed by atoms with E-state index in [4.69, 9.17) is 0 Å². The van der Waals surface area contributed by atoms with E-state index in [1.165, 1.54) is 9.87 Å². The van der Waals surface area contributed by atoms with Gasteiger partial charge in [0.15, 0.2) is 0 Å². The number of amides is 3. The van der Waals surface area contributed by atoms with E-state index in [-0.39, 0.29) is 30.4 Å². The molecule has 10 nitrogen and oxygen atoms in total. The summed E-state index contributed by atoms with van der Waals surface area (Å²) in [4.78, 5) is 40.2. The fraction of sp³-hybridized carbons (Fsp3) is 0.286. The fourth-order valence-corrected chi connectivity index (χ4v) is 7.73. The Bertz CT molecular complexity index is 1880. The minimum atomic E-state index is -3.84. The number of carbonyl (C=O) groups is 3. The number of sulfonamides is 1. The van der Waals surface area contributed by atoms with Crippen molar-refractivity contribution < 1.29 is 27.9 Å². The van der Waals surface area contributed by atoms with Gasteiger partial charge in [-0.05, 0) is 71.0 Å². The summed E-state index contributed by atoms with van der Waals surface area (Å²) in [5.74, 6) is -2.35. The lowest BCUT2D eigenvalue weighted by atomic mass is 9.97. The maximum Gasteiger partial charge on any atom is 0.326 e. The van der Waals surface area contributed by atoms with Crippen molar-refractivity contribution in [3.63, 3.8) is 0 Å². The van der Waals surface area contributed by atoms with Gasteiger partial charge in [0, 0.05) is 38.3 Å². The number of anilines is 1. The van der Waals surface area contributed by atoms with Crippen molar-refractivity contribution in [2.75, 3.05) is 25.0 Å². The van der Waals surface area contributed by atoms with Crippen LogP contribution in [-0.2, 0) is 39.0 Å². The molecule has 0 aliphatic carbocycles. The van der Waals surface area contributed by atoms with Crippen molar-refractivity contribution in [3.05, 3.63) is 108 Å². The monoisotopic (exact) mass is 640 g/mol. The van der Waals surface area contributed by atoms with Crippen LogP contribution in [0.4, 0.5) is 10.5 Å². The lowest BCUT2D eigenvalue weighted by molar-refractivity contribution is -0.142. The first-order valence-corrected chi connectivity index (χ1v) is 16.9. The van der Waals surface area contributed by atoms with E-state index in [9.17, 15) is 27.9 Å². The van der Waals surface area contributed by atoms with Gasteiger partial charge in [-0.1, -0.05) is 66.7 Å². The quantitative estimate of drug-likeness (QED) is 0.257. The zero-order valence-electron chi connectivity index (χ0n) is 25.3. The Balaban J connectivity index is 1.05. The average molecular weight is 641 g/mol. The van der Waals surface area contributed by atoms with Gasteiger partial charge >= 0.3 is 12.0 Å². The summed E-state index contributed by atoms with van der Waals surface area (Å²) in [6.45, 7) is 1.42. The minimum Gasteiger partial charge on any atom is -0.480 e. The molecule has 2 atom stereocenters. The summed E-state index contributed by atoms with van der Waals surface area (Å²) >= 11 is 0. The first-order chi connectivity index (χ1) is 22.2. The summed E-state index contributed by atoms with van der Waals surface area (Å²) in [6, 6.07) is 26.0. The second kappa shape index (κ2) is 13.3. The molecule has 0 saturated carbocycles. The first-order valence-electron chi connectivity index (χ1n) is 15.4. The highest BCUT2D eigenvalue weighted by molar-refractivity contribution is 7.89. The minimum absolute atomic E-state index is 0.0235. The molecule has 1 unspecified atom stereocenters. The Kier molecular flexibility index (Phi) is 9.05. The Morgan fingerprint density at radius 3 is 2.35 bits per heavy atom. The number of nitrogens with one attached hydrogen (secondary N) is 2. The fourth-order valence-electron chi connectivity index (χ4n) is 6.17. The SMILES string of the molecule is O=C(N[C@@H](Cc1ccc(NC(=O)N2CCc3ccccc3C2)cc1)C(=O)O)C1CCCN(S(=O)(=O)c2ccc3ccccc3c2)C1. The second-order valence-electron chi connectivity index (χ2n) is 11.9. The normalized spacial score (nSPS) is 17.6. The highest BCUT2D eigenvalue weighted by Gasteiger charge is 2.35. The molecule has 4 aromatic carbocycles. The summed E-state index contributed by atoms with van der Waals surface area (Å²) in [6.07, 6.45) is 1.77. The lowest BCUT2D eigenvalue weighted by Crippen LogP contribution is -2.50. The third kappa shape index (κ3) is 6.90. The van der Waals surface area contributed by atoms with E-state index in [1.807, 2.05) is 42.5 Å². The van der Waals surface area contributed by atoms with Gasteiger partial charge < -0.3 is 20.6 Å². The molecule has 11 heteroatoms. The number of rotatable bonds is 8. The summed E-state index contributed by atoms with van der Waals surface area (Å²) < 4.78 is 28.3. The number of benzene rings is 4. The Labute approximate surface area is 268 Å². The van der Waals surface area contributed by atoms with Gasteiger partial charge in [-0.25, -0.2) is 18.0 Å². The molecule has 0 radical (unpaired) electrons. The standard InChI is InChI=1S/C35H36N4O6S/c40-33(29-10-5-18-39(23-29)46(44,45)31-16-13-25-6-1-3-8-27(25)21-31)37-32(34(41)42)20-24-11-14-30(15-12-24)36-35(43)38-19-17-26-7-2-4-9-28(26)22-38/h1-4,6-9,11-16,21,29,32H,5,10,17-20,22-23H2,(H,36,43)(H,37,40)(H,41,42)/t29?,32-/m0/s1. The Morgan fingerprint density at radius 1 is 0.870 bits per heavy atom. The molecule has 1 fully saturated rings. The van der Waals surface area contributed by atoms with E-state index in [2.05, 4.69) is 16.7 Å². The highest BCUT2D eigenvalue weighted by atomic mass is 32.2. The van der Waals surface area contributed by atoms with Crippen LogP contribution in [0.2, 0.25) is 0 Å². The van der Waals surface area contributed by atoms with Crippen LogP contribution in [-0.4, -0.2) is 66.3 Å². The van der Waals surface area contributed by atoms with E-state index < -0.39 is 33.9 Å². The van der Waals surface area contributed by atoms with E-state index in [0.717, 1.165) is 22.8 Å². The molecule has 0 aromatic heterocycles. The molecule has 6 rings (SSSR count). The lowest BCUT2D eigenvalue weighted by Gasteiger charge is -2.32. The van der Waals surface area contributed by atoms with Crippen molar-refractivity contribution in [2.24, 2.45) is 5.92 Å². The van der Waals surface area contributed by atoms with Crippen molar-refractivity contribution >= 4 is 44.4 Å². The van der Waals surface area contributed by atoms with Gasteiger partial charge in [-0.3, -0.25) is 4.79 Å². The number of fused-ring (bicyclic) bond motifs is 2. The smallest absolute Gasteiger partial charge is 0.326 e. The van der Waals surface area contributed by atoms with Gasteiger partial charge in [-0.2, -0.15) is 4.31 Å². The zero-order chi connectivity index (χ0) is 32.3. The summed E-state index contributed by atoms with van der Waals surface area (Å²) in [5.41, 5.74) is 3.64. The molecule has 1 saturated heterocycles. The molecule has 238 valence electrons. The predicted molar refractivity (Wildman–Crippen MR) is 175 cm³/mol. The number of urea groups is 1. The number of piperidine rings is 1. The van der Waals surface area contributed by atoms with E-state index >= 15 is 0 Å². The number of nitrogens with zero attached hydrogens (tertiary/aromatic N) is 2. The maximum absolute atomic E-state index is 13.5. The van der Waals surface area contributed by atoms with Crippen LogP contribution >= 0.6 is 0 Å². The van der Waals surface area contributed by atoms with E-state index in [1.54, 1.807) is 47.4 Å². The number of hydrogen-bond acceptors (Lipinski definition) is 5. The molecule has 2 aliphatic heterocycles. The molecule has 3 amide bonds. The van der Waals surface area contributed by atoms with Crippen LogP contribution in [0.5, 0.6) is 0 Å². The topological polar surface area (TPSA) is 136 Å². The van der Waals surface area contributed by atoms with Gasteiger partial charge in [0.05, 0.1) is 10.8 Å². The summed E-state index contributed by atoms with van der Waals surface area (Å²) in [5, 5.41) is 17.2. The largest absolute Gasteiger partial charge is 0.480 e. The molecular formula is C35H36N4O6S. The molecule has 2 heterocycles. The number of carbonyl (C=O) groups excluding carboxylic acids is 2. The Hall–Kier alpha value is -4.74. The molecule has 4 aromatic rings. The number of carboxylic acids is 1. The van der Waals surface area contributed by atoms with Crippen LogP contribution in [0, 0.1) is 5.92 Å². The van der Waals surface area contributed by atoms with E-state index in [0.29, 0.717) is 37.2 Å². The van der Waals surface area contributed by atoms with Gasteiger partial charge in [0.2, 0.25) is 15.9 Å². The number of hydrogen-bond donors (Lipinski definition) is 3. The molecule has 0 bridgehead atoms.